The average molecular weight is 431 g/mol. The van der Waals surface area contributed by atoms with Gasteiger partial charge >= 0.3 is 0 Å². The van der Waals surface area contributed by atoms with Crippen molar-refractivity contribution < 1.29 is 14.0 Å². The summed E-state index contributed by atoms with van der Waals surface area (Å²) in [5, 5.41) is 12.0. The van der Waals surface area contributed by atoms with Gasteiger partial charge in [-0.3, -0.25) is 14.7 Å². The highest BCUT2D eigenvalue weighted by atomic mass is 19.1. The van der Waals surface area contributed by atoms with Crippen LogP contribution in [0, 0.1) is 25.1 Å². The SMILES string of the molecule is C#Cc1cccc(Cc2nc(C(=O)N[C@@H]3C[C@H](C)c4cc(C)cc(F)c4NC3=O)n[nH]2)c1. The Morgan fingerprint density at radius 1 is 1.34 bits per heavy atom. The third-order valence-electron chi connectivity index (χ3n) is 5.46. The van der Waals surface area contributed by atoms with Gasteiger partial charge in [-0.05, 0) is 54.2 Å². The monoisotopic (exact) mass is 431 g/mol. The molecule has 32 heavy (non-hydrogen) atoms. The lowest BCUT2D eigenvalue weighted by Gasteiger charge is -2.16. The van der Waals surface area contributed by atoms with E-state index in [-0.39, 0.29) is 17.4 Å². The maximum absolute atomic E-state index is 14.4. The van der Waals surface area contributed by atoms with E-state index in [9.17, 15) is 14.0 Å². The number of nitrogens with zero attached hydrogens (tertiary/aromatic N) is 2. The Morgan fingerprint density at radius 2 is 2.16 bits per heavy atom. The van der Waals surface area contributed by atoms with E-state index in [1.165, 1.54) is 6.07 Å². The van der Waals surface area contributed by atoms with Crippen LogP contribution in [-0.2, 0) is 11.2 Å². The molecule has 3 N–H and O–H groups in total. The van der Waals surface area contributed by atoms with E-state index in [0.29, 0.717) is 24.2 Å². The number of amides is 2. The van der Waals surface area contributed by atoms with E-state index < -0.39 is 23.7 Å². The van der Waals surface area contributed by atoms with Gasteiger partial charge in [0.1, 0.15) is 17.7 Å². The fourth-order valence-corrected chi connectivity index (χ4v) is 3.88. The molecule has 2 aromatic carbocycles. The molecule has 0 saturated heterocycles. The Bertz CT molecular complexity index is 1240. The maximum Gasteiger partial charge on any atom is 0.291 e. The molecule has 0 radical (unpaired) electrons. The number of carbonyl (C=O) groups is 2. The predicted octanol–water partition coefficient (Wildman–Crippen LogP) is 3.07. The first-order valence-corrected chi connectivity index (χ1v) is 10.2. The third kappa shape index (κ3) is 4.37. The lowest BCUT2D eigenvalue weighted by molar-refractivity contribution is -0.118. The number of benzene rings is 2. The van der Waals surface area contributed by atoms with Crippen molar-refractivity contribution in [3.05, 3.63) is 76.1 Å². The molecule has 3 aromatic rings. The van der Waals surface area contributed by atoms with Gasteiger partial charge in [0.2, 0.25) is 11.7 Å². The molecule has 0 spiro atoms. The minimum atomic E-state index is -0.848. The molecule has 0 saturated carbocycles. The van der Waals surface area contributed by atoms with Crippen molar-refractivity contribution >= 4 is 17.5 Å². The normalized spacial score (nSPS) is 17.6. The van der Waals surface area contributed by atoms with Crippen LogP contribution in [0.3, 0.4) is 0 Å². The zero-order chi connectivity index (χ0) is 22.8. The van der Waals surface area contributed by atoms with Crippen LogP contribution in [0.15, 0.2) is 36.4 Å². The van der Waals surface area contributed by atoms with Crippen LogP contribution in [0.25, 0.3) is 0 Å². The van der Waals surface area contributed by atoms with Gasteiger partial charge < -0.3 is 10.6 Å². The van der Waals surface area contributed by atoms with Gasteiger partial charge in [0.15, 0.2) is 0 Å². The Hall–Kier alpha value is -3.99. The topological polar surface area (TPSA) is 99.8 Å². The van der Waals surface area contributed by atoms with Crippen LogP contribution in [0.4, 0.5) is 10.1 Å². The molecule has 1 aliphatic rings. The van der Waals surface area contributed by atoms with Gasteiger partial charge in [0.05, 0.1) is 5.69 Å². The van der Waals surface area contributed by atoms with E-state index in [0.717, 1.165) is 16.7 Å². The Morgan fingerprint density at radius 3 is 2.94 bits per heavy atom. The smallest absolute Gasteiger partial charge is 0.291 e. The molecule has 7 nitrogen and oxygen atoms in total. The van der Waals surface area contributed by atoms with Crippen LogP contribution in [0.2, 0.25) is 0 Å². The number of terminal acetylenes is 1. The summed E-state index contributed by atoms with van der Waals surface area (Å²) in [5.41, 5.74) is 3.32. The Balaban J connectivity index is 1.47. The first-order valence-electron chi connectivity index (χ1n) is 10.2. The van der Waals surface area contributed by atoms with Crippen molar-refractivity contribution in [3.63, 3.8) is 0 Å². The second kappa shape index (κ2) is 8.63. The van der Waals surface area contributed by atoms with Crippen molar-refractivity contribution in [2.75, 3.05) is 5.32 Å². The van der Waals surface area contributed by atoms with Gasteiger partial charge in [0.25, 0.3) is 5.91 Å². The standard InChI is InChI=1S/C24H22FN5O2/c1-4-15-6-5-7-16(11-15)12-20-27-22(30-29-20)24(32)26-19-10-14(3)17-8-13(2)9-18(25)21(17)28-23(19)31/h1,5-9,11,14,19H,10,12H2,2-3H3,(H,26,32)(H,28,31)(H,27,29,30)/t14-,19+/m0/s1. The molecule has 0 unspecified atom stereocenters. The van der Waals surface area contributed by atoms with Crippen molar-refractivity contribution in [2.45, 2.75) is 38.6 Å². The molecule has 2 heterocycles. The number of carbonyl (C=O) groups excluding carboxylic acids is 2. The highest BCUT2D eigenvalue weighted by Crippen LogP contribution is 2.34. The average Bonchev–Trinajstić information content (AvgIpc) is 3.19. The highest BCUT2D eigenvalue weighted by Gasteiger charge is 2.31. The van der Waals surface area contributed by atoms with Crippen LogP contribution in [0.5, 0.6) is 0 Å². The van der Waals surface area contributed by atoms with E-state index in [4.69, 9.17) is 6.42 Å². The molecule has 2 amide bonds. The van der Waals surface area contributed by atoms with Crippen molar-refractivity contribution in [1.82, 2.24) is 20.5 Å². The fourth-order valence-electron chi connectivity index (χ4n) is 3.88. The number of aryl methyl sites for hydroxylation is 1. The molecule has 4 rings (SSSR count). The number of aromatic amines is 1. The highest BCUT2D eigenvalue weighted by molar-refractivity contribution is 6.01. The summed E-state index contributed by atoms with van der Waals surface area (Å²) >= 11 is 0. The van der Waals surface area contributed by atoms with Crippen LogP contribution >= 0.6 is 0 Å². The molecule has 1 aromatic heterocycles. The van der Waals surface area contributed by atoms with E-state index >= 15 is 0 Å². The summed E-state index contributed by atoms with van der Waals surface area (Å²) in [7, 11) is 0. The largest absolute Gasteiger partial charge is 0.337 e. The Labute approximate surface area is 184 Å². The van der Waals surface area contributed by atoms with Gasteiger partial charge in [0, 0.05) is 12.0 Å². The zero-order valence-corrected chi connectivity index (χ0v) is 17.7. The van der Waals surface area contributed by atoms with Gasteiger partial charge in [-0.25, -0.2) is 9.37 Å². The molecule has 8 heteroatoms. The van der Waals surface area contributed by atoms with Crippen LogP contribution in [0.1, 0.15) is 58.0 Å². The number of rotatable bonds is 4. The number of anilines is 1. The Kier molecular flexibility index (Phi) is 5.73. The van der Waals surface area contributed by atoms with Gasteiger partial charge in [-0.2, -0.15) is 0 Å². The summed E-state index contributed by atoms with van der Waals surface area (Å²) in [4.78, 5) is 29.6. The van der Waals surface area contributed by atoms with Crippen molar-refractivity contribution in [3.8, 4) is 12.3 Å². The predicted molar refractivity (Wildman–Crippen MR) is 118 cm³/mol. The number of hydrogen-bond acceptors (Lipinski definition) is 4. The number of aromatic nitrogens is 3. The number of fused-ring (bicyclic) bond motifs is 1. The van der Waals surface area contributed by atoms with Crippen LogP contribution in [-0.4, -0.2) is 33.0 Å². The summed E-state index contributed by atoms with van der Waals surface area (Å²) in [5.74, 6) is 1.31. The molecule has 0 bridgehead atoms. The fraction of sp³-hybridized carbons (Fsp3) is 0.250. The molecular weight excluding hydrogens is 409 g/mol. The first kappa shape index (κ1) is 21.2. The summed E-state index contributed by atoms with van der Waals surface area (Å²) in [6, 6.07) is 9.81. The number of hydrogen-bond donors (Lipinski definition) is 3. The van der Waals surface area contributed by atoms with Crippen LogP contribution < -0.4 is 10.6 Å². The minimum absolute atomic E-state index is 0.0719. The third-order valence-corrected chi connectivity index (χ3v) is 5.46. The van der Waals surface area contributed by atoms with Crippen molar-refractivity contribution in [2.24, 2.45) is 0 Å². The van der Waals surface area contributed by atoms with Crippen molar-refractivity contribution in [1.29, 1.82) is 0 Å². The maximum atomic E-state index is 14.4. The quantitative estimate of drug-likeness (QED) is 0.553. The molecule has 1 aliphatic heterocycles. The number of H-pyrrole nitrogens is 1. The molecule has 2 atom stereocenters. The molecular formula is C24H22FN5O2. The van der Waals surface area contributed by atoms with E-state index in [1.54, 1.807) is 6.92 Å². The lowest BCUT2D eigenvalue weighted by Crippen LogP contribution is -2.43. The zero-order valence-electron chi connectivity index (χ0n) is 17.7. The van der Waals surface area contributed by atoms with Gasteiger partial charge in [-0.15, -0.1) is 11.5 Å². The second-order valence-corrected chi connectivity index (χ2v) is 7.99. The number of nitrogens with one attached hydrogen (secondary N) is 3. The summed E-state index contributed by atoms with van der Waals surface area (Å²) in [6.45, 7) is 3.69. The molecule has 0 fully saturated rings. The van der Waals surface area contributed by atoms with E-state index in [1.807, 2.05) is 37.3 Å². The molecule has 162 valence electrons. The molecule has 0 aliphatic carbocycles. The minimum Gasteiger partial charge on any atom is -0.337 e. The first-order chi connectivity index (χ1) is 15.3. The summed E-state index contributed by atoms with van der Waals surface area (Å²) < 4.78 is 14.4. The number of halogens is 1. The second-order valence-electron chi connectivity index (χ2n) is 7.99. The van der Waals surface area contributed by atoms with E-state index in [2.05, 4.69) is 31.7 Å². The van der Waals surface area contributed by atoms with Gasteiger partial charge in [-0.1, -0.05) is 31.0 Å². The lowest BCUT2D eigenvalue weighted by atomic mass is 9.93. The summed E-state index contributed by atoms with van der Waals surface area (Å²) in [6.07, 6.45) is 6.17.